The molecule has 2 N–H and O–H groups in total. The number of amides is 2. The second-order valence-electron chi connectivity index (χ2n) is 5.83. The Labute approximate surface area is 150 Å². The molecule has 2 rings (SSSR count). The minimum absolute atomic E-state index is 0.108. The molecule has 6 nitrogen and oxygen atoms in total. The van der Waals surface area contributed by atoms with E-state index < -0.39 is 17.8 Å². The minimum Gasteiger partial charge on any atom is -0.494 e. The largest absolute Gasteiger partial charge is 0.494 e. The van der Waals surface area contributed by atoms with Crippen LogP contribution in [-0.2, 0) is 10.9 Å². The summed E-state index contributed by atoms with van der Waals surface area (Å²) in [5.41, 5.74) is -1.24. The molecule has 1 aliphatic rings. The van der Waals surface area contributed by atoms with E-state index in [0.717, 1.165) is 25.7 Å². The maximum Gasteiger partial charge on any atom is 0.418 e. The number of rotatable bonds is 7. The van der Waals surface area contributed by atoms with Crippen LogP contribution < -0.4 is 15.4 Å². The molecule has 1 aromatic rings. The summed E-state index contributed by atoms with van der Waals surface area (Å²) in [6, 6.07) is 2.81. The van der Waals surface area contributed by atoms with Gasteiger partial charge in [0, 0.05) is 19.6 Å². The lowest BCUT2D eigenvalue weighted by atomic mass is 10.1. The number of hydrogen-bond donors (Lipinski definition) is 2. The molecule has 2 amide bonds. The molecule has 0 aromatic heterocycles. The topological polar surface area (TPSA) is 62.8 Å². The molecular formula is C17H24F3N3O3. The fourth-order valence-electron chi connectivity index (χ4n) is 2.62. The SMILES string of the molecule is CCOc1ccc(NC(=O)NCCCN2CCOCC2)c(C(F)(F)F)c1. The molecule has 26 heavy (non-hydrogen) atoms. The predicted molar refractivity (Wildman–Crippen MR) is 91.5 cm³/mol. The number of anilines is 1. The van der Waals surface area contributed by atoms with Crippen molar-refractivity contribution in [3.8, 4) is 5.75 Å². The average molecular weight is 375 g/mol. The van der Waals surface area contributed by atoms with Crippen molar-refractivity contribution >= 4 is 11.7 Å². The molecule has 0 spiro atoms. The maximum absolute atomic E-state index is 13.2. The Morgan fingerprint density at radius 3 is 2.69 bits per heavy atom. The Kier molecular flexibility index (Phi) is 7.52. The van der Waals surface area contributed by atoms with Crippen LogP contribution in [0.15, 0.2) is 18.2 Å². The number of morpholine rings is 1. The van der Waals surface area contributed by atoms with Crippen LogP contribution in [0.4, 0.5) is 23.7 Å². The maximum atomic E-state index is 13.2. The van der Waals surface area contributed by atoms with Crippen molar-refractivity contribution in [3.63, 3.8) is 0 Å². The van der Waals surface area contributed by atoms with Gasteiger partial charge in [-0.15, -0.1) is 0 Å². The number of halogens is 3. The fourth-order valence-corrected chi connectivity index (χ4v) is 2.62. The molecule has 1 aromatic carbocycles. The van der Waals surface area contributed by atoms with Crippen molar-refractivity contribution in [3.05, 3.63) is 23.8 Å². The van der Waals surface area contributed by atoms with Crippen LogP contribution >= 0.6 is 0 Å². The number of urea groups is 1. The molecule has 0 aliphatic carbocycles. The van der Waals surface area contributed by atoms with E-state index in [4.69, 9.17) is 9.47 Å². The first-order chi connectivity index (χ1) is 12.4. The normalized spacial score (nSPS) is 15.5. The zero-order valence-electron chi connectivity index (χ0n) is 14.7. The average Bonchev–Trinajstić information content (AvgIpc) is 2.60. The van der Waals surface area contributed by atoms with Crippen molar-refractivity contribution < 1.29 is 27.4 Å². The third-order valence-corrected chi connectivity index (χ3v) is 3.90. The number of carbonyl (C=O) groups is 1. The summed E-state index contributed by atoms with van der Waals surface area (Å²) in [7, 11) is 0. The van der Waals surface area contributed by atoms with Crippen LogP contribution in [0.3, 0.4) is 0 Å². The highest BCUT2D eigenvalue weighted by molar-refractivity contribution is 5.90. The van der Waals surface area contributed by atoms with Gasteiger partial charge < -0.3 is 20.1 Å². The summed E-state index contributed by atoms with van der Waals surface area (Å²) in [5.74, 6) is 0.108. The second kappa shape index (κ2) is 9.63. The number of nitrogens with one attached hydrogen (secondary N) is 2. The van der Waals surface area contributed by atoms with Crippen LogP contribution in [0.5, 0.6) is 5.75 Å². The molecule has 1 heterocycles. The van der Waals surface area contributed by atoms with Crippen molar-refractivity contribution in [2.24, 2.45) is 0 Å². The van der Waals surface area contributed by atoms with Gasteiger partial charge in [-0.05, 0) is 38.1 Å². The molecule has 0 unspecified atom stereocenters. The van der Waals surface area contributed by atoms with Gasteiger partial charge in [-0.3, -0.25) is 4.90 Å². The Balaban J connectivity index is 1.85. The van der Waals surface area contributed by atoms with Crippen molar-refractivity contribution in [1.82, 2.24) is 10.2 Å². The van der Waals surface area contributed by atoms with Gasteiger partial charge in [-0.2, -0.15) is 13.2 Å². The van der Waals surface area contributed by atoms with Gasteiger partial charge in [0.05, 0.1) is 31.1 Å². The minimum atomic E-state index is -4.59. The van der Waals surface area contributed by atoms with E-state index in [0.29, 0.717) is 26.2 Å². The third-order valence-electron chi connectivity index (χ3n) is 3.90. The van der Waals surface area contributed by atoms with Gasteiger partial charge in [0.2, 0.25) is 0 Å². The number of benzene rings is 1. The lowest BCUT2D eigenvalue weighted by Gasteiger charge is -2.26. The van der Waals surface area contributed by atoms with Crippen molar-refractivity contribution in [2.45, 2.75) is 19.5 Å². The molecule has 1 aliphatic heterocycles. The highest BCUT2D eigenvalue weighted by atomic mass is 19.4. The zero-order chi connectivity index (χ0) is 19.0. The summed E-state index contributed by atoms with van der Waals surface area (Å²) in [6.07, 6.45) is -3.88. The molecule has 9 heteroatoms. The van der Waals surface area contributed by atoms with Gasteiger partial charge in [-0.25, -0.2) is 4.79 Å². The Bertz CT molecular complexity index is 590. The van der Waals surface area contributed by atoms with Gasteiger partial charge >= 0.3 is 12.2 Å². The Morgan fingerprint density at radius 2 is 2.04 bits per heavy atom. The van der Waals surface area contributed by atoms with E-state index >= 15 is 0 Å². The number of hydrogen-bond acceptors (Lipinski definition) is 4. The first kappa shape index (κ1) is 20.3. The van der Waals surface area contributed by atoms with Crippen LogP contribution in [0.2, 0.25) is 0 Å². The van der Waals surface area contributed by atoms with E-state index in [1.54, 1.807) is 6.92 Å². The monoisotopic (exact) mass is 375 g/mol. The smallest absolute Gasteiger partial charge is 0.418 e. The van der Waals surface area contributed by atoms with E-state index in [9.17, 15) is 18.0 Å². The molecule has 146 valence electrons. The third kappa shape index (κ3) is 6.38. The molecule has 0 saturated carbocycles. The van der Waals surface area contributed by atoms with Gasteiger partial charge in [0.15, 0.2) is 0 Å². The highest BCUT2D eigenvalue weighted by Gasteiger charge is 2.34. The first-order valence-corrected chi connectivity index (χ1v) is 8.59. The van der Waals surface area contributed by atoms with E-state index in [1.165, 1.54) is 12.1 Å². The molecule has 1 saturated heterocycles. The zero-order valence-corrected chi connectivity index (χ0v) is 14.7. The predicted octanol–water partition coefficient (Wildman–Crippen LogP) is 2.95. The second-order valence-corrected chi connectivity index (χ2v) is 5.83. The Hall–Kier alpha value is -2.00. The summed E-state index contributed by atoms with van der Waals surface area (Å²) in [6.45, 7) is 6.23. The number of ether oxygens (including phenoxy) is 2. The lowest BCUT2D eigenvalue weighted by molar-refractivity contribution is -0.137. The molecule has 0 atom stereocenters. The van der Waals surface area contributed by atoms with Crippen LogP contribution in [0, 0.1) is 0 Å². The molecule has 0 radical (unpaired) electrons. The van der Waals surface area contributed by atoms with Gasteiger partial charge in [-0.1, -0.05) is 0 Å². The molecule has 0 bridgehead atoms. The van der Waals surface area contributed by atoms with Crippen molar-refractivity contribution in [1.29, 1.82) is 0 Å². The summed E-state index contributed by atoms with van der Waals surface area (Å²) >= 11 is 0. The number of carbonyl (C=O) groups excluding carboxylic acids is 1. The summed E-state index contributed by atoms with van der Waals surface area (Å²) in [4.78, 5) is 14.1. The quantitative estimate of drug-likeness (QED) is 0.720. The molecular weight excluding hydrogens is 351 g/mol. The lowest BCUT2D eigenvalue weighted by Crippen LogP contribution is -2.38. The standard InChI is InChI=1S/C17H24F3N3O3/c1-2-26-13-4-5-15(14(12-13)17(18,19)20)22-16(24)21-6-3-7-23-8-10-25-11-9-23/h4-5,12H,2-3,6-11H2,1H3,(H2,21,22,24). The fraction of sp³-hybridized carbons (Fsp3) is 0.588. The van der Waals surface area contributed by atoms with E-state index in [1.807, 2.05) is 0 Å². The van der Waals surface area contributed by atoms with Crippen LogP contribution in [0.1, 0.15) is 18.9 Å². The van der Waals surface area contributed by atoms with E-state index in [2.05, 4.69) is 15.5 Å². The number of alkyl halides is 3. The van der Waals surface area contributed by atoms with E-state index in [-0.39, 0.29) is 18.0 Å². The van der Waals surface area contributed by atoms with Crippen molar-refractivity contribution in [2.75, 3.05) is 51.3 Å². The van der Waals surface area contributed by atoms with Gasteiger partial charge in [0.25, 0.3) is 0 Å². The van der Waals surface area contributed by atoms with Crippen LogP contribution in [-0.4, -0.2) is 56.9 Å². The first-order valence-electron chi connectivity index (χ1n) is 8.59. The highest BCUT2D eigenvalue weighted by Crippen LogP contribution is 2.37. The molecule has 1 fully saturated rings. The number of nitrogens with zero attached hydrogens (tertiary/aromatic N) is 1. The van der Waals surface area contributed by atoms with Gasteiger partial charge in [0.1, 0.15) is 5.75 Å². The summed E-state index contributed by atoms with van der Waals surface area (Å²) in [5, 5.41) is 4.85. The summed E-state index contributed by atoms with van der Waals surface area (Å²) < 4.78 is 49.9. The van der Waals surface area contributed by atoms with Crippen LogP contribution in [0.25, 0.3) is 0 Å². The Morgan fingerprint density at radius 1 is 1.31 bits per heavy atom.